The van der Waals surface area contributed by atoms with E-state index >= 15 is 0 Å². The van der Waals surface area contributed by atoms with Crippen molar-refractivity contribution in [2.75, 3.05) is 38.9 Å². The molecule has 0 spiro atoms. The summed E-state index contributed by atoms with van der Waals surface area (Å²) < 4.78 is 94.4. The number of hydrogen-bond acceptors (Lipinski definition) is 7. The number of anilines is 1. The minimum absolute atomic E-state index is 0.0863. The summed E-state index contributed by atoms with van der Waals surface area (Å²) in [6.45, 7) is -2.09. The summed E-state index contributed by atoms with van der Waals surface area (Å²) in [5.74, 6) is -3.90. The Morgan fingerprint density at radius 3 is 2.44 bits per heavy atom. The molecule has 0 amide bonds. The molecule has 0 saturated carbocycles. The van der Waals surface area contributed by atoms with Crippen LogP contribution in [0.25, 0.3) is 10.9 Å². The first kappa shape index (κ1) is 27.3. The van der Waals surface area contributed by atoms with Gasteiger partial charge in [0.15, 0.2) is 11.5 Å². The summed E-state index contributed by atoms with van der Waals surface area (Å²) in [5.41, 5.74) is -0.596. The molecule has 3 aromatic rings. The summed E-state index contributed by atoms with van der Waals surface area (Å²) in [6.07, 6.45) is -4.45. The van der Waals surface area contributed by atoms with E-state index in [0.29, 0.717) is 16.7 Å². The summed E-state index contributed by atoms with van der Waals surface area (Å²) in [4.78, 5) is 8.60. The van der Waals surface area contributed by atoms with Crippen LogP contribution in [0.15, 0.2) is 30.3 Å². The first-order valence-corrected chi connectivity index (χ1v) is 10.6. The summed E-state index contributed by atoms with van der Waals surface area (Å²) in [7, 11) is 1.37. The van der Waals surface area contributed by atoms with Gasteiger partial charge in [0.05, 0.1) is 24.8 Å². The van der Waals surface area contributed by atoms with Crippen molar-refractivity contribution >= 4 is 16.7 Å². The lowest BCUT2D eigenvalue weighted by Gasteiger charge is -2.17. The monoisotopic (exact) mass is 519 g/mol. The van der Waals surface area contributed by atoms with E-state index in [4.69, 9.17) is 14.6 Å². The molecule has 2 N–H and O–H groups in total. The molecule has 7 nitrogen and oxygen atoms in total. The van der Waals surface area contributed by atoms with Gasteiger partial charge < -0.3 is 24.6 Å². The normalized spacial score (nSPS) is 12.1. The van der Waals surface area contributed by atoms with Crippen molar-refractivity contribution in [2.45, 2.75) is 25.6 Å². The van der Waals surface area contributed by atoms with Crippen molar-refractivity contribution in [3.05, 3.63) is 53.1 Å². The molecule has 0 aliphatic heterocycles. The molecule has 196 valence electrons. The number of nitrogens with zero attached hydrogens (tertiary/aromatic N) is 2. The number of aryl methyl sites for hydroxylation is 1. The van der Waals surface area contributed by atoms with E-state index in [1.807, 2.05) is 0 Å². The van der Waals surface area contributed by atoms with E-state index in [0.717, 1.165) is 6.07 Å². The minimum Gasteiger partial charge on any atom is -0.493 e. The number of fused-ring (bicyclic) bond motifs is 1. The highest BCUT2D eigenvalue weighted by molar-refractivity contribution is 5.91. The fourth-order valence-corrected chi connectivity index (χ4v) is 3.32. The van der Waals surface area contributed by atoms with Crippen molar-refractivity contribution < 1.29 is 45.7 Å². The molecule has 0 aliphatic rings. The molecule has 0 atom stereocenters. The summed E-state index contributed by atoms with van der Waals surface area (Å²) >= 11 is 0. The minimum atomic E-state index is -4.45. The smallest absolute Gasteiger partial charge is 0.411 e. The number of rotatable bonds is 11. The molecule has 3 rings (SSSR count). The van der Waals surface area contributed by atoms with Gasteiger partial charge >= 0.3 is 6.18 Å². The van der Waals surface area contributed by atoms with Gasteiger partial charge in [0.1, 0.15) is 37.3 Å². The second-order valence-electron chi connectivity index (χ2n) is 7.65. The lowest BCUT2D eigenvalue weighted by molar-refractivity contribution is -0.175. The molecule has 2 aromatic carbocycles. The third kappa shape index (κ3) is 6.66. The van der Waals surface area contributed by atoms with E-state index in [-0.39, 0.29) is 42.6 Å². The molecule has 0 fully saturated rings. The van der Waals surface area contributed by atoms with Gasteiger partial charge in [0.2, 0.25) is 0 Å². The lowest BCUT2D eigenvalue weighted by Crippen LogP contribution is -2.21. The van der Waals surface area contributed by atoms with Gasteiger partial charge in [-0.1, -0.05) is 12.1 Å². The number of benzene rings is 2. The molecule has 1 heterocycles. The Labute approximate surface area is 202 Å². The van der Waals surface area contributed by atoms with Crippen molar-refractivity contribution in [1.82, 2.24) is 9.97 Å². The summed E-state index contributed by atoms with van der Waals surface area (Å²) in [5, 5.41) is 12.2. The first-order valence-electron chi connectivity index (χ1n) is 10.6. The molecular weight excluding hydrogens is 496 g/mol. The van der Waals surface area contributed by atoms with Crippen LogP contribution in [0, 0.1) is 12.7 Å². The quantitative estimate of drug-likeness (QED) is 0.280. The lowest BCUT2D eigenvalue weighted by atomic mass is 10.0. The van der Waals surface area contributed by atoms with Crippen LogP contribution in [-0.2, 0) is 17.2 Å². The van der Waals surface area contributed by atoms with Crippen LogP contribution in [0.3, 0.4) is 0 Å². The van der Waals surface area contributed by atoms with Crippen molar-refractivity contribution in [1.29, 1.82) is 0 Å². The molecule has 0 bridgehead atoms. The topological polar surface area (TPSA) is 85.7 Å². The van der Waals surface area contributed by atoms with Crippen LogP contribution in [-0.4, -0.2) is 54.8 Å². The van der Waals surface area contributed by atoms with Crippen LogP contribution in [0.1, 0.15) is 17.0 Å². The van der Waals surface area contributed by atoms with E-state index in [1.165, 1.54) is 31.4 Å². The predicted molar refractivity (Wildman–Crippen MR) is 118 cm³/mol. The zero-order chi connectivity index (χ0) is 26.5. The Bertz CT molecular complexity index is 1210. The maximum absolute atomic E-state index is 14.7. The van der Waals surface area contributed by atoms with Crippen LogP contribution in [0.5, 0.6) is 11.5 Å². The van der Waals surface area contributed by atoms with Gasteiger partial charge in [-0.2, -0.15) is 22.0 Å². The largest absolute Gasteiger partial charge is 0.493 e. The molecule has 36 heavy (non-hydrogen) atoms. The highest BCUT2D eigenvalue weighted by atomic mass is 19.4. The van der Waals surface area contributed by atoms with Crippen molar-refractivity contribution in [3.63, 3.8) is 0 Å². The van der Waals surface area contributed by atoms with Crippen LogP contribution < -0.4 is 14.8 Å². The number of aliphatic hydroxyl groups is 1. The second kappa shape index (κ2) is 11.2. The van der Waals surface area contributed by atoms with E-state index in [9.17, 15) is 26.3 Å². The number of aromatic nitrogens is 2. The number of nitrogens with one attached hydrogen (secondary N) is 1. The molecule has 1 aromatic heterocycles. The van der Waals surface area contributed by atoms with Gasteiger partial charge in [-0.15, -0.1) is 0 Å². The predicted octanol–water partition coefficient (Wildman–Crippen LogP) is 4.74. The van der Waals surface area contributed by atoms with Crippen molar-refractivity contribution in [3.8, 4) is 11.5 Å². The second-order valence-corrected chi connectivity index (χ2v) is 7.65. The first-order chi connectivity index (χ1) is 16.9. The number of hydrogen-bond donors (Lipinski definition) is 2. The van der Waals surface area contributed by atoms with E-state index in [1.54, 1.807) is 6.92 Å². The number of halogens is 6. The number of aliphatic hydroxyl groups excluding tert-OH is 1. The Hall–Kier alpha value is -3.32. The maximum atomic E-state index is 14.7. The molecular formula is C23H23F6N3O4. The molecule has 0 saturated heterocycles. The van der Waals surface area contributed by atoms with Gasteiger partial charge in [-0.05, 0) is 19.1 Å². The average Bonchev–Trinajstić information content (AvgIpc) is 2.81. The third-order valence-electron chi connectivity index (χ3n) is 4.96. The number of alkyl halides is 5. The SMILES string of the molecule is COc1cc2nc(C)nc(NCc3cccc(C(F)(F)CO)c3F)c2cc1OCCOCC(F)(F)F. The van der Waals surface area contributed by atoms with Gasteiger partial charge in [-0.25, -0.2) is 14.4 Å². The molecule has 13 heteroatoms. The fourth-order valence-electron chi connectivity index (χ4n) is 3.32. The number of methoxy groups -OCH3 is 1. The van der Waals surface area contributed by atoms with Crippen molar-refractivity contribution in [2.24, 2.45) is 0 Å². The maximum Gasteiger partial charge on any atom is 0.411 e. The van der Waals surface area contributed by atoms with Gasteiger partial charge in [0, 0.05) is 23.6 Å². The highest BCUT2D eigenvalue weighted by Gasteiger charge is 2.34. The fraction of sp³-hybridized carbons (Fsp3) is 0.391. The molecule has 0 unspecified atom stereocenters. The molecule has 0 radical (unpaired) electrons. The van der Waals surface area contributed by atoms with Gasteiger partial charge in [0.25, 0.3) is 5.92 Å². The van der Waals surface area contributed by atoms with Gasteiger partial charge in [-0.3, -0.25) is 0 Å². The number of ether oxygens (including phenoxy) is 3. The highest BCUT2D eigenvalue weighted by Crippen LogP contribution is 2.35. The van der Waals surface area contributed by atoms with E-state index in [2.05, 4.69) is 20.0 Å². The molecule has 0 aliphatic carbocycles. The zero-order valence-corrected chi connectivity index (χ0v) is 19.3. The Morgan fingerprint density at radius 2 is 1.78 bits per heavy atom. The van der Waals surface area contributed by atoms with Crippen LogP contribution >= 0.6 is 0 Å². The van der Waals surface area contributed by atoms with Crippen LogP contribution in [0.4, 0.5) is 32.2 Å². The summed E-state index contributed by atoms with van der Waals surface area (Å²) in [6, 6.07) is 6.48. The Morgan fingerprint density at radius 1 is 1.03 bits per heavy atom. The van der Waals surface area contributed by atoms with Crippen LogP contribution in [0.2, 0.25) is 0 Å². The average molecular weight is 519 g/mol. The Balaban J connectivity index is 1.85. The standard InChI is InChI=1S/C23H23F6N3O4/c1-13-31-17-9-18(34-2)19(36-7-6-35-12-23(27,28)29)8-15(17)21(32-13)30-10-14-4-3-5-16(20(14)24)22(25,26)11-33/h3-5,8-9,33H,6-7,10-12H2,1-2H3,(H,30,31,32). The Kier molecular flexibility index (Phi) is 8.46. The third-order valence-corrected chi connectivity index (χ3v) is 4.96. The zero-order valence-electron chi connectivity index (χ0n) is 19.3. The van der Waals surface area contributed by atoms with E-state index < -0.39 is 36.7 Å².